The number of rotatable bonds is 5. The standard InChI is InChI=1S/C10H13NO4S/c1-2-3-5(9(12)13)8-7(11)6(4-16-8)10(14)15/h4-5H,2-3,11H2,1H3,(H,12,13)(H,14,15). The van der Waals surface area contributed by atoms with Gasteiger partial charge in [0.2, 0.25) is 0 Å². The minimum Gasteiger partial charge on any atom is -0.481 e. The van der Waals surface area contributed by atoms with Gasteiger partial charge in [-0.1, -0.05) is 13.3 Å². The Bertz CT molecular complexity index is 413. The van der Waals surface area contributed by atoms with Crippen molar-refractivity contribution >= 4 is 29.0 Å². The fourth-order valence-corrected chi connectivity index (χ4v) is 2.57. The summed E-state index contributed by atoms with van der Waals surface area (Å²) in [6, 6.07) is 0. The number of nitrogens with two attached hydrogens (primary N) is 1. The number of anilines is 1. The van der Waals surface area contributed by atoms with E-state index in [1.807, 2.05) is 6.92 Å². The molecule has 0 bridgehead atoms. The van der Waals surface area contributed by atoms with E-state index in [0.717, 1.165) is 11.3 Å². The molecule has 0 fully saturated rings. The molecular formula is C10H13NO4S. The minimum atomic E-state index is -1.12. The third-order valence-electron chi connectivity index (χ3n) is 2.28. The SMILES string of the molecule is CCCC(C(=O)O)c1scc(C(=O)O)c1N. The summed E-state index contributed by atoms with van der Waals surface area (Å²) in [6.07, 6.45) is 1.16. The summed E-state index contributed by atoms with van der Waals surface area (Å²) in [4.78, 5) is 22.2. The molecule has 6 heteroatoms. The van der Waals surface area contributed by atoms with Crippen molar-refractivity contribution in [2.24, 2.45) is 0 Å². The number of thiophene rings is 1. The monoisotopic (exact) mass is 243 g/mol. The van der Waals surface area contributed by atoms with Crippen LogP contribution in [0.25, 0.3) is 0 Å². The first-order valence-electron chi connectivity index (χ1n) is 4.82. The average molecular weight is 243 g/mol. The van der Waals surface area contributed by atoms with Gasteiger partial charge >= 0.3 is 11.9 Å². The van der Waals surface area contributed by atoms with Gasteiger partial charge in [0.05, 0.1) is 17.2 Å². The van der Waals surface area contributed by atoms with Crippen molar-refractivity contribution in [3.63, 3.8) is 0 Å². The number of aromatic carboxylic acids is 1. The van der Waals surface area contributed by atoms with Crippen LogP contribution >= 0.6 is 11.3 Å². The van der Waals surface area contributed by atoms with E-state index in [4.69, 9.17) is 15.9 Å². The molecule has 88 valence electrons. The Kier molecular flexibility index (Phi) is 3.89. The fraction of sp³-hybridized carbons (Fsp3) is 0.400. The van der Waals surface area contributed by atoms with E-state index in [1.54, 1.807) is 0 Å². The van der Waals surface area contributed by atoms with Crippen molar-refractivity contribution in [1.82, 2.24) is 0 Å². The van der Waals surface area contributed by atoms with Crippen molar-refractivity contribution in [1.29, 1.82) is 0 Å². The lowest BCUT2D eigenvalue weighted by Crippen LogP contribution is -2.12. The van der Waals surface area contributed by atoms with Crippen LogP contribution in [0, 0.1) is 0 Å². The number of hydrogen-bond acceptors (Lipinski definition) is 4. The Morgan fingerprint density at radius 2 is 2.12 bits per heavy atom. The summed E-state index contributed by atoms with van der Waals surface area (Å²) in [5.74, 6) is -2.80. The van der Waals surface area contributed by atoms with Gasteiger partial charge in [0.15, 0.2) is 0 Å². The molecule has 0 aliphatic carbocycles. The van der Waals surface area contributed by atoms with Crippen molar-refractivity contribution in [2.75, 3.05) is 5.73 Å². The molecule has 1 rings (SSSR count). The van der Waals surface area contributed by atoms with E-state index >= 15 is 0 Å². The second-order valence-electron chi connectivity index (χ2n) is 3.41. The van der Waals surface area contributed by atoms with Crippen LogP contribution < -0.4 is 5.73 Å². The van der Waals surface area contributed by atoms with E-state index in [9.17, 15) is 9.59 Å². The van der Waals surface area contributed by atoms with Crippen LogP contribution in [-0.2, 0) is 4.79 Å². The van der Waals surface area contributed by atoms with E-state index < -0.39 is 17.9 Å². The van der Waals surface area contributed by atoms with Crippen molar-refractivity contribution in [2.45, 2.75) is 25.7 Å². The van der Waals surface area contributed by atoms with Gasteiger partial charge < -0.3 is 15.9 Å². The smallest absolute Gasteiger partial charge is 0.338 e. The van der Waals surface area contributed by atoms with Crippen molar-refractivity contribution in [3.05, 3.63) is 15.8 Å². The molecule has 0 aromatic carbocycles. The number of carbonyl (C=O) groups is 2. The summed E-state index contributed by atoms with van der Waals surface area (Å²) in [6.45, 7) is 1.87. The summed E-state index contributed by atoms with van der Waals surface area (Å²) in [5, 5.41) is 19.2. The van der Waals surface area contributed by atoms with Crippen LogP contribution in [0.2, 0.25) is 0 Å². The number of hydrogen-bond donors (Lipinski definition) is 3. The Morgan fingerprint density at radius 1 is 1.50 bits per heavy atom. The second kappa shape index (κ2) is 4.98. The Labute approximate surface area is 96.5 Å². The van der Waals surface area contributed by atoms with E-state index in [0.29, 0.717) is 17.7 Å². The highest BCUT2D eigenvalue weighted by Gasteiger charge is 2.25. The first kappa shape index (κ1) is 12.5. The number of carboxylic acids is 2. The lowest BCUT2D eigenvalue weighted by Gasteiger charge is -2.10. The summed E-state index contributed by atoms with van der Waals surface area (Å²) in [5.41, 5.74) is 5.71. The van der Waals surface area contributed by atoms with Gasteiger partial charge in [0.1, 0.15) is 0 Å². The molecule has 0 aliphatic rings. The van der Waals surface area contributed by atoms with Gasteiger partial charge in [0.25, 0.3) is 0 Å². The molecule has 0 amide bonds. The van der Waals surface area contributed by atoms with Crippen LogP contribution in [0.4, 0.5) is 5.69 Å². The Hall–Kier alpha value is -1.56. The average Bonchev–Trinajstić information content (AvgIpc) is 2.56. The molecule has 0 aliphatic heterocycles. The lowest BCUT2D eigenvalue weighted by atomic mass is 10.0. The van der Waals surface area contributed by atoms with Crippen LogP contribution in [0.1, 0.15) is 40.9 Å². The first-order valence-corrected chi connectivity index (χ1v) is 5.69. The quantitative estimate of drug-likeness (QED) is 0.734. The molecule has 4 N–H and O–H groups in total. The van der Waals surface area contributed by atoms with Gasteiger partial charge in [-0.25, -0.2) is 4.79 Å². The molecule has 1 heterocycles. The Morgan fingerprint density at radius 3 is 2.50 bits per heavy atom. The molecule has 1 aromatic heterocycles. The molecule has 0 radical (unpaired) electrons. The highest BCUT2D eigenvalue weighted by Crippen LogP contribution is 2.34. The van der Waals surface area contributed by atoms with Crippen molar-refractivity contribution < 1.29 is 19.8 Å². The molecule has 1 unspecified atom stereocenters. The number of nitrogen functional groups attached to an aromatic ring is 1. The van der Waals surface area contributed by atoms with Crippen LogP contribution in [0.3, 0.4) is 0 Å². The van der Waals surface area contributed by atoms with Gasteiger partial charge in [-0.2, -0.15) is 0 Å². The Balaban J connectivity index is 3.11. The summed E-state index contributed by atoms with van der Waals surface area (Å²) >= 11 is 1.09. The molecule has 1 aromatic rings. The molecule has 1 atom stereocenters. The maximum absolute atomic E-state index is 11.0. The van der Waals surface area contributed by atoms with Gasteiger partial charge in [-0.3, -0.25) is 4.79 Å². The molecule has 16 heavy (non-hydrogen) atoms. The summed E-state index contributed by atoms with van der Waals surface area (Å²) < 4.78 is 0. The van der Waals surface area contributed by atoms with Gasteiger partial charge in [-0.15, -0.1) is 11.3 Å². The van der Waals surface area contributed by atoms with E-state index in [1.165, 1.54) is 5.38 Å². The van der Waals surface area contributed by atoms with Crippen LogP contribution in [-0.4, -0.2) is 22.2 Å². The molecule has 0 saturated heterocycles. The highest BCUT2D eigenvalue weighted by atomic mass is 32.1. The topological polar surface area (TPSA) is 101 Å². The predicted octanol–water partition coefficient (Wildman–Crippen LogP) is 2.00. The molecular weight excluding hydrogens is 230 g/mol. The predicted molar refractivity (Wildman–Crippen MR) is 61.0 cm³/mol. The molecule has 5 nitrogen and oxygen atoms in total. The second-order valence-corrected chi connectivity index (χ2v) is 4.32. The highest BCUT2D eigenvalue weighted by molar-refractivity contribution is 7.11. The third kappa shape index (κ3) is 2.33. The van der Waals surface area contributed by atoms with Gasteiger partial charge in [0, 0.05) is 10.3 Å². The van der Waals surface area contributed by atoms with Gasteiger partial charge in [-0.05, 0) is 6.42 Å². The molecule has 0 saturated carbocycles. The number of carboxylic acid groups (broad SMARTS) is 2. The lowest BCUT2D eigenvalue weighted by molar-refractivity contribution is -0.138. The fourth-order valence-electron chi connectivity index (χ4n) is 1.47. The van der Waals surface area contributed by atoms with E-state index in [-0.39, 0.29) is 11.3 Å². The van der Waals surface area contributed by atoms with Crippen LogP contribution in [0.5, 0.6) is 0 Å². The first-order chi connectivity index (χ1) is 7.49. The zero-order valence-electron chi connectivity index (χ0n) is 8.77. The minimum absolute atomic E-state index is 0.0117. The van der Waals surface area contributed by atoms with E-state index in [2.05, 4.69) is 0 Å². The maximum Gasteiger partial charge on any atom is 0.338 e. The van der Waals surface area contributed by atoms with Crippen molar-refractivity contribution in [3.8, 4) is 0 Å². The number of aliphatic carboxylic acids is 1. The zero-order chi connectivity index (χ0) is 12.3. The maximum atomic E-state index is 11.0. The largest absolute Gasteiger partial charge is 0.481 e. The zero-order valence-corrected chi connectivity index (χ0v) is 9.58. The normalized spacial score (nSPS) is 12.3. The third-order valence-corrected chi connectivity index (χ3v) is 3.39. The van der Waals surface area contributed by atoms with Crippen LogP contribution in [0.15, 0.2) is 5.38 Å². The molecule has 0 spiro atoms. The summed E-state index contributed by atoms with van der Waals surface area (Å²) in [7, 11) is 0.